The van der Waals surface area contributed by atoms with Crippen LogP contribution in [-0.4, -0.2) is 35.7 Å². The van der Waals surface area contributed by atoms with Crippen molar-refractivity contribution in [1.29, 1.82) is 0 Å². The number of hydrogen-bond acceptors (Lipinski definition) is 3. The second-order valence-corrected chi connectivity index (χ2v) is 7.38. The van der Waals surface area contributed by atoms with Crippen molar-refractivity contribution in [1.82, 2.24) is 4.90 Å². The highest BCUT2D eigenvalue weighted by Gasteiger charge is 2.45. The van der Waals surface area contributed by atoms with E-state index in [2.05, 4.69) is 5.16 Å². The topological polar surface area (TPSA) is 41.9 Å². The fourth-order valence-corrected chi connectivity index (χ4v) is 3.84. The molecule has 2 heterocycles. The number of fused-ring (bicyclic) bond motifs is 1. The molecule has 8 heteroatoms. The molecule has 0 saturated carbocycles. The van der Waals surface area contributed by atoms with Crippen molar-refractivity contribution in [2.75, 3.05) is 13.1 Å². The highest BCUT2D eigenvalue weighted by Crippen LogP contribution is 2.34. The summed E-state index contributed by atoms with van der Waals surface area (Å²) in [5.41, 5.74) is 1.09. The molecule has 1 amide bonds. The zero-order valence-electron chi connectivity index (χ0n) is 13.3. The molecule has 1 fully saturated rings. The van der Waals surface area contributed by atoms with Gasteiger partial charge in [0.05, 0.1) is 33.1 Å². The molecule has 0 aliphatic carbocycles. The van der Waals surface area contributed by atoms with Gasteiger partial charge in [0.15, 0.2) is 6.10 Å². The Labute approximate surface area is 164 Å². The third-order valence-corrected chi connectivity index (χ3v) is 5.63. The Kier molecular flexibility index (Phi) is 4.55. The van der Waals surface area contributed by atoms with Crippen LogP contribution in [0.15, 0.2) is 41.6 Å². The normalized spacial score (nSPS) is 21.4. The standard InChI is InChI=1S/C18H12Cl3FN2O2/c19-11-5-4-9(6-13(11)21)18(25)24-7-10-15(8-24)26-23-17(10)16-12(20)2-1-3-14(16)22/h1-6,10,15H,7-8H2. The quantitative estimate of drug-likeness (QED) is 0.718. The molecule has 4 nitrogen and oxygen atoms in total. The Balaban J connectivity index is 1.58. The number of carbonyl (C=O) groups excluding carboxylic acids is 1. The molecule has 0 bridgehead atoms. The summed E-state index contributed by atoms with van der Waals surface area (Å²) < 4.78 is 14.2. The lowest BCUT2D eigenvalue weighted by Gasteiger charge is -2.17. The predicted molar refractivity (Wildman–Crippen MR) is 98.7 cm³/mol. The molecule has 0 N–H and O–H groups in total. The smallest absolute Gasteiger partial charge is 0.254 e. The Morgan fingerprint density at radius 2 is 1.92 bits per heavy atom. The first-order valence-corrected chi connectivity index (χ1v) is 9.01. The summed E-state index contributed by atoms with van der Waals surface area (Å²) in [4.78, 5) is 19.8. The number of benzene rings is 2. The van der Waals surface area contributed by atoms with Crippen molar-refractivity contribution in [2.45, 2.75) is 6.10 Å². The maximum atomic E-state index is 14.2. The van der Waals surface area contributed by atoms with Crippen LogP contribution in [-0.2, 0) is 4.84 Å². The molecule has 2 unspecified atom stereocenters. The molecule has 26 heavy (non-hydrogen) atoms. The second kappa shape index (κ2) is 6.72. The third-order valence-electron chi connectivity index (χ3n) is 4.58. The molecular weight excluding hydrogens is 402 g/mol. The molecule has 0 aromatic heterocycles. The lowest BCUT2D eigenvalue weighted by Crippen LogP contribution is -2.30. The van der Waals surface area contributed by atoms with Crippen LogP contribution >= 0.6 is 34.8 Å². The first-order valence-electron chi connectivity index (χ1n) is 7.88. The van der Waals surface area contributed by atoms with Crippen LogP contribution < -0.4 is 0 Å². The molecule has 2 atom stereocenters. The number of likely N-dealkylation sites (tertiary alicyclic amines) is 1. The van der Waals surface area contributed by atoms with Gasteiger partial charge in [-0.25, -0.2) is 4.39 Å². The van der Waals surface area contributed by atoms with E-state index in [1.54, 1.807) is 23.1 Å². The van der Waals surface area contributed by atoms with Crippen LogP contribution in [0.25, 0.3) is 0 Å². The number of rotatable bonds is 2. The van der Waals surface area contributed by atoms with E-state index in [1.165, 1.54) is 18.2 Å². The monoisotopic (exact) mass is 412 g/mol. The van der Waals surface area contributed by atoms with E-state index in [1.807, 2.05) is 0 Å². The van der Waals surface area contributed by atoms with E-state index in [4.69, 9.17) is 39.6 Å². The minimum absolute atomic E-state index is 0.194. The fourth-order valence-electron chi connectivity index (χ4n) is 3.29. The number of halogens is 4. The molecule has 2 aromatic carbocycles. The SMILES string of the molecule is O=C(c1ccc(Cl)c(Cl)c1)N1CC2ON=C(c3c(F)cccc3Cl)C2C1. The molecule has 2 aliphatic rings. The van der Waals surface area contributed by atoms with Crippen molar-refractivity contribution < 1.29 is 14.0 Å². The lowest BCUT2D eigenvalue weighted by atomic mass is 9.94. The lowest BCUT2D eigenvalue weighted by molar-refractivity contribution is 0.0631. The van der Waals surface area contributed by atoms with Gasteiger partial charge in [0.1, 0.15) is 11.5 Å². The molecule has 0 spiro atoms. The molecule has 1 saturated heterocycles. The number of oxime groups is 1. The van der Waals surface area contributed by atoms with Crippen LogP contribution in [0, 0.1) is 11.7 Å². The van der Waals surface area contributed by atoms with Crippen LogP contribution in [0.5, 0.6) is 0 Å². The van der Waals surface area contributed by atoms with Gasteiger partial charge >= 0.3 is 0 Å². The zero-order valence-corrected chi connectivity index (χ0v) is 15.5. The number of amides is 1. The van der Waals surface area contributed by atoms with Gasteiger partial charge in [-0.15, -0.1) is 0 Å². The maximum Gasteiger partial charge on any atom is 0.254 e. The maximum absolute atomic E-state index is 14.2. The van der Waals surface area contributed by atoms with Crippen molar-refractivity contribution in [3.8, 4) is 0 Å². The number of hydrogen-bond donors (Lipinski definition) is 0. The van der Waals surface area contributed by atoms with Gasteiger partial charge in [-0.05, 0) is 30.3 Å². The molecule has 0 radical (unpaired) electrons. The molecule has 4 rings (SSSR count). The Morgan fingerprint density at radius 3 is 2.65 bits per heavy atom. The largest absolute Gasteiger partial charge is 0.390 e. The first kappa shape index (κ1) is 17.6. The van der Waals surface area contributed by atoms with Crippen molar-refractivity contribution in [3.05, 3.63) is 68.4 Å². The van der Waals surface area contributed by atoms with E-state index in [0.717, 1.165) is 0 Å². The van der Waals surface area contributed by atoms with Gasteiger partial charge in [-0.3, -0.25) is 4.79 Å². The summed E-state index contributed by atoms with van der Waals surface area (Å²) in [6.07, 6.45) is -0.326. The molecule has 2 aliphatic heterocycles. The minimum Gasteiger partial charge on any atom is -0.390 e. The first-order chi connectivity index (χ1) is 12.5. The van der Waals surface area contributed by atoms with E-state index in [0.29, 0.717) is 34.4 Å². The van der Waals surface area contributed by atoms with Gasteiger partial charge in [0, 0.05) is 12.1 Å². The van der Waals surface area contributed by atoms with E-state index < -0.39 is 5.82 Å². The molecule has 2 aromatic rings. The predicted octanol–water partition coefficient (Wildman–Crippen LogP) is 4.66. The number of nitrogens with zero attached hydrogens (tertiary/aromatic N) is 2. The summed E-state index contributed by atoms with van der Waals surface area (Å²) in [5.74, 6) is -0.897. The fraction of sp³-hybridized carbons (Fsp3) is 0.222. The van der Waals surface area contributed by atoms with Gasteiger partial charge in [0.2, 0.25) is 0 Å². The van der Waals surface area contributed by atoms with Gasteiger partial charge in [0.25, 0.3) is 5.91 Å². The summed E-state index contributed by atoms with van der Waals surface area (Å²) in [6, 6.07) is 9.19. The number of carbonyl (C=O) groups is 1. The second-order valence-electron chi connectivity index (χ2n) is 6.16. The Hall–Kier alpha value is -1.82. The van der Waals surface area contributed by atoms with E-state index in [-0.39, 0.29) is 28.5 Å². The van der Waals surface area contributed by atoms with Gasteiger partial charge < -0.3 is 9.74 Å². The van der Waals surface area contributed by atoms with Crippen LogP contribution in [0.1, 0.15) is 15.9 Å². The van der Waals surface area contributed by atoms with Crippen LogP contribution in [0.4, 0.5) is 4.39 Å². The average Bonchev–Trinajstić information content (AvgIpc) is 3.18. The average molecular weight is 414 g/mol. The summed E-state index contributed by atoms with van der Waals surface area (Å²) >= 11 is 18.0. The van der Waals surface area contributed by atoms with E-state index in [9.17, 15) is 9.18 Å². The Morgan fingerprint density at radius 1 is 1.12 bits per heavy atom. The van der Waals surface area contributed by atoms with Crippen molar-refractivity contribution in [3.63, 3.8) is 0 Å². The van der Waals surface area contributed by atoms with Gasteiger partial charge in [-0.2, -0.15) is 0 Å². The van der Waals surface area contributed by atoms with Crippen LogP contribution in [0.2, 0.25) is 15.1 Å². The zero-order chi connectivity index (χ0) is 18.4. The molecule has 134 valence electrons. The summed E-state index contributed by atoms with van der Waals surface area (Å²) in [6.45, 7) is 0.704. The highest BCUT2D eigenvalue weighted by atomic mass is 35.5. The third kappa shape index (κ3) is 2.94. The van der Waals surface area contributed by atoms with Crippen molar-refractivity contribution >= 4 is 46.4 Å². The minimum atomic E-state index is -0.463. The summed E-state index contributed by atoms with van der Waals surface area (Å²) in [7, 11) is 0. The van der Waals surface area contributed by atoms with E-state index >= 15 is 0 Å². The molecular formula is C18H12Cl3FN2O2. The van der Waals surface area contributed by atoms with Gasteiger partial charge in [-0.1, -0.05) is 46.0 Å². The highest BCUT2D eigenvalue weighted by molar-refractivity contribution is 6.42. The summed E-state index contributed by atoms with van der Waals surface area (Å²) in [5, 5.41) is 4.98. The van der Waals surface area contributed by atoms with Crippen molar-refractivity contribution in [2.24, 2.45) is 11.1 Å². The van der Waals surface area contributed by atoms with Crippen LogP contribution in [0.3, 0.4) is 0 Å². The Bertz CT molecular complexity index is 914.